The van der Waals surface area contributed by atoms with Crippen LogP contribution in [0.1, 0.15) is 18.5 Å². The monoisotopic (exact) mass is 349 g/mol. The lowest BCUT2D eigenvalue weighted by molar-refractivity contribution is 0.476. The topological polar surface area (TPSA) is 32.3 Å². The number of anilines is 1. The number of phenolic OH excluding ortho intramolecular Hbond substituents is 1. The highest BCUT2D eigenvalue weighted by Gasteiger charge is 2.13. The summed E-state index contributed by atoms with van der Waals surface area (Å²) in [6.45, 7) is 1.94. The Balaban J connectivity index is 2.28. The van der Waals surface area contributed by atoms with Crippen molar-refractivity contribution in [2.45, 2.75) is 13.0 Å². The average Bonchev–Trinajstić information content (AvgIpc) is 2.39. The molecule has 0 bridgehead atoms. The third kappa shape index (κ3) is 3.26. The summed E-state index contributed by atoms with van der Waals surface area (Å²) >= 11 is 23.9. The summed E-state index contributed by atoms with van der Waals surface area (Å²) in [4.78, 5) is 0. The molecule has 106 valence electrons. The van der Waals surface area contributed by atoms with Crippen LogP contribution in [0.5, 0.6) is 5.75 Å². The third-order valence-corrected chi connectivity index (χ3v) is 4.26. The second-order valence-electron chi connectivity index (χ2n) is 4.30. The van der Waals surface area contributed by atoms with Gasteiger partial charge < -0.3 is 10.4 Å². The van der Waals surface area contributed by atoms with Crippen molar-refractivity contribution in [2.24, 2.45) is 0 Å². The zero-order valence-electron chi connectivity index (χ0n) is 10.4. The van der Waals surface area contributed by atoms with E-state index in [1.807, 2.05) is 19.1 Å². The van der Waals surface area contributed by atoms with Crippen molar-refractivity contribution in [3.8, 4) is 5.75 Å². The van der Waals surface area contributed by atoms with Crippen LogP contribution in [0.4, 0.5) is 5.69 Å². The van der Waals surface area contributed by atoms with E-state index in [4.69, 9.17) is 46.4 Å². The standard InChI is InChI=1S/C14H11Cl4NO/c1-7(9-3-2-4-10(15)13(9)18)19-8-5-11(16)14(20)12(17)6-8/h2-7,19-20H,1H3. The number of phenols is 1. The zero-order chi connectivity index (χ0) is 14.9. The largest absolute Gasteiger partial charge is 0.505 e. The van der Waals surface area contributed by atoms with Gasteiger partial charge >= 0.3 is 0 Å². The van der Waals surface area contributed by atoms with Gasteiger partial charge in [0.05, 0.1) is 26.1 Å². The highest BCUT2D eigenvalue weighted by Crippen LogP contribution is 2.37. The third-order valence-electron chi connectivity index (χ3n) is 2.85. The Morgan fingerprint density at radius 1 is 1.00 bits per heavy atom. The molecule has 0 fully saturated rings. The first-order chi connectivity index (χ1) is 9.40. The Labute approximate surface area is 137 Å². The van der Waals surface area contributed by atoms with E-state index < -0.39 is 0 Å². The van der Waals surface area contributed by atoms with Gasteiger partial charge in [-0.2, -0.15) is 0 Å². The number of hydrogen-bond donors (Lipinski definition) is 2. The van der Waals surface area contributed by atoms with Gasteiger partial charge in [-0.15, -0.1) is 0 Å². The lowest BCUT2D eigenvalue weighted by Gasteiger charge is -2.18. The summed E-state index contributed by atoms with van der Waals surface area (Å²) < 4.78 is 0. The number of rotatable bonds is 3. The molecule has 0 aliphatic rings. The maximum absolute atomic E-state index is 9.53. The van der Waals surface area contributed by atoms with Crippen molar-refractivity contribution in [1.29, 1.82) is 0 Å². The van der Waals surface area contributed by atoms with E-state index in [-0.39, 0.29) is 21.8 Å². The van der Waals surface area contributed by atoms with Crippen molar-refractivity contribution >= 4 is 52.1 Å². The molecule has 2 aromatic carbocycles. The number of halogens is 4. The molecule has 0 radical (unpaired) electrons. The van der Waals surface area contributed by atoms with Crippen LogP contribution in [0.3, 0.4) is 0 Å². The van der Waals surface area contributed by atoms with E-state index in [0.29, 0.717) is 15.7 Å². The molecule has 0 saturated heterocycles. The maximum atomic E-state index is 9.53. The van der Waals surface area contributed by atoms with Gasteiger partial charge in [-0.05, 0) is 30.7 Å². The summed E-state index contributed by atoms with van der Waals surface area (Å²) in [5.74, 6) is -0.132. The Kier molecular flexibility index (Phi) is 4.92. The quantitative estimate of drug-likeness (QED) is 0.648. The van der Waals surface area contributed by atoms with Gasteiger partial charge in [0, 0.05) is 5.69 Å². The molecule has 0 heterocycles. The summed E-state index contributed by atoms with van der Waals surface area (Å²) in [6.07, 6.45) is 0. The van der Waals surface area contributed by atoms with Crippen LogP contribution in [0.15, 0.2) is 30.3 Å². The zero-order valence-corrected chi connectivity index (χ0v) is 13.4. The van der Waals surface area contributed by atoms with Gasteiger partial charge in [-0.25, -0.2) is 0 Å². The normalized spacial score (nSPS) is 12.2. The summed E-state index contributed by atoms with van der Waals surface area (Å²) in [7, 11) is 0. The van der Waals surface area contributed by atoms with Crippen molar-refractivity contribution in [3.05, 3.63) is 56.0 Å². The fourth-order valence-electron chi connectivity index (χ4n) is 1.83. The SMILES string of the molecule is CC(Nc1cc(Cl)c(O)c(Cl)c1)c1cccc(Cl)c1Cl. The maximum Gasteiger partial charge on any atom is 0.152 e. The van der Waals surface area contributed by atoms with Gasteiger partial charge in [-0.1, -0.05) is 58.5 Å². The molecular formula is C14H11Cl4NO. The molecule has 2 N–H and O–H groups in total. The number of hydrogen-bond acceptors (Lipinski definition) is 2. The van der Waals surface area contributed by atoms with Gasteiger partial charge in [0.15, 0.2) is 5.75 Å². The molecule has 0 aliphatic heterocycles. The predicted octanol–water partition coefficient (Wildman–Crippen LogP) is 6.18. The minimum Gasteiger partial charge on any atom is -0.505 e. The Morgan fingerprint density at radius 3 is 2.20 bits per heavy atom. The average molecular weight is 351 g/mol. The molecule has 2 rings (SSSR count). The molecule has 0 aromatic heterocycles. The first-order valence-corrected chi connectivity index (χ1v) is 7.29. The lowest BCUT2D eigenvalue weighted by atomic mass is 10.1. The second-order valence-corrected chi connectivity index (χ2v) is 5.90. The van der Waals surface area contributed by atoms with E-state index in [2.05, 4.69) is 5.32 Å². The van der Waals surface area contributed by atoms with Gasteiger partial charge in [0.2, 0.25) is 0 Å². The smallest absolute Gasteiger partial charge is 0.152 e. The molecule has 6 heteroatoms. The number of nitrogens with one attached hydrogen (secondary N) is 1. The highest BCUT2D eigenvalue weighted by atomic mass is 35.5. The summed E-state index contributed by atoms with van der Waals surface area (Å²) in [5.41, 5.74) is 1.54. The highest BCUT2D eigenvalue weighted by molar-refractivity contribution is 6.42. The van der Waals surface area contributed by atoms with Crippen LogP contribution < -0.4 is 5.32 Å². The molecule has 20 heavy (non-hydrogen) atoms. The number of benzene rings is 2. The molecule has 0 amide bonds. The first-order valence-electron chi connectivity index (χ1n) is 5.78. The van der Waals surface area contributed by atoms with E-state index in [1.54, 1.807) is 18.2 Å². The predicted molar refractivity (Wildman–Crippen MR) is 86.6 cm³/mol. The molecule has 0 aliphatic carbocycles. The Morgan fingerprint density at radius 2 is 1.60 bits per heavy atom. The van der Waals surface area contributed by atoms with Crippen LogP contribution in [0, 0.1) is 0 Å². The Hall–Kier alpha value is -0.800. The van der Waals surface area contributed by atoms with Crippen LogP contribution in [0.2, 0.25) is 20.1 Å². The molecular weight excluding hydrogens is 340 g/mol. The van der Waals surface area contributed by atoms with E-state index in [9.17, 15) is 5.11 Å². The van der Waals surface area contributed by atoms with E-state index in [1.165, 1.54) is 0 Å². The summed E-state index contributed by atoms with van der Waals surface area (Å²) in [6, 6.07) is 8.54. The van der Waals surface area contributed by atoms with Gasteiger partial charge in [0.25, 0.3) is 0 Å². The fourth-order valence-corrected chi connectivity index (χ4v) is 2.79. The molecule has 1 atom stereocenters. The van der Waals surface area contributed by atoms with Crippen molar-refractivity contribution < 1.29 is 5.11 Å². The second kappa shape index (κ2) is 6.31. The number of aromatic hydroxyl groups is 1. The van der Waals surface area contributed by atoms with Crippen molar-refractivity contribution in [3.63, 3.8) is 0 Å². The van der Waals surface area contributed by atoms with Crippen molar-refractivity contribution in [1.82, 2.24) is 0 Å². The van der Waals surface area contributed by atoms with Crippen LogP contribution in [-0.4, -0.2) is 5.11 Å². The fraction of sp³-hybridized carbons (Fsp3) is 0.143. The van der Waals surface area contributed by atoms with Gasteiger partial charge in [0.1, 0.15) is 0 Å². The van der Waals surface area contributed by atoms with Crippen LogP contribution in [0.25, 0.3) is 0 Å². The first kappa shape index (κ1) is 15.6. The van der Waals surface area contributed by atoms with Crippen LogP contribution in [-0.2, 0) is 0 Å². The molecule has 2 aromatic rings. The Bertz CT molecular complexity index is 622. The minimum absolute atomic E-state index is 0.0992. The lowest BCUT2D eigenvalue weighted by Crippen LogP contribution is -2.07. The minimum atomic E-state index is -0.132. The summed E-state index contributed by atoms with van der Waals surface area (Å²) in [5, 5.41) is 14.1. The van der Waals surface area contributed by atoms with E-state index in [0.717, 1.165) is 5.56 Å². The van der Waals surface area contributed by atoms with Crippen molar-refractivity contribution in [2.75, 3.05) is 5.32 Å². The molecule has 1 unspecified atom stereocenters. The molecule has 0 spiro atoms. The van der Waals surface area contributed by atoms with E-state index >= 15 is 0 Å². The van der Waals surface area contributed by atoms with Gasteiger partial charge in [-0.3, -0.25) is 0 Å². The molecule has 0 saturated carbocycles. The molecule has 2 nitrogen and oxygen atoms in total. The van der Waals surface area contributed by atoms with Crippen LogP contribution >= 0.6 is 46.4 Å².